The monoisotopic (exact) mass is 228 g/mol. The van der Waals surface area contributed by atoms with E-state index in [1.54, 1.807) is 0 Å². The van der Waals surface area contributed by atoms with Gasteiger partial charge in [0.05, 0.1) is 6.04 Å². The second-order valence-electron chi connectivity index (χ2n) is 5.23. The second kappa shape index (κ2) is 6.21. The van der Waals surface area contributed by atoms with Crippen molar-refractivity contribution in [2.45, 2.75) is 33.2 Å². The van der Waals surface area contributed by atoms with Crippen molar-refractivity contribution in [1.29, 1.82) is 0 Å². The highest BCUT2D eigenvalue weighted by molar-refractivity contribution is 5.82. The van der Waals surface area contributed by atoms with Crippen LogP contribution in [-0.4, -0.2) is 48.2 Å². The standard InChI is InChI=1S/C12H24N2O2/c1-9(2)7-14-8-10(3)6-13-12(16)11(14)4-5-15/h9-11,15H,4-8H2,1-3H3,(H,13,16). The summed E-state index contributed by atoms with van der Waals surface area (Å²) in [6.45, 7) is 9.13. The maximum Gasteiger partial charge on any atom is 0.237 e. The van der Waals surface area contributed by atoms with Gasteiger partial charge in [0.25, 0.3) is 0 Å². The van der Waals surface area contributed by atoms with Gasteiger partial charge in [-0.2, -0.15) is 0 Å². The minimum atomic E-state index is -0.155. The van der Waals surface area contributed by atoms with E-state index in [9.17, 15) is 4.79 Å². The molecule has 0 saturated carbocycles. The highest BCUT2D eigenvalue weighted by Gasteiger charge is 2.29. The van der Waals surface area contributed by atoms with Gasteiger partial charge in [-0.05, 0) is 18.3 Å². The summed E-state index contributed by atoms with van der Waals surface area (Å²) in [4.78, 5) is 14.1. The lowest BCUT2D eigenvalue weighted by Gasteiger charge is -2.30. The molecule has 2 unspecified atom stereocenters. The summed E-state index contributed by atoms with van der Waals surface area (Å²) < 4.78 is 0. The largest absolute Gasteiger partial charge is 0.396 e. The first-order chi connectivity index (χ1) is 7.54. The lowest BCUT2D eigenvalue weighted by molar-refractivity contribution is -0.126. The van der Waals surface area contributed by atoms with Gasteiger partial charge in [0.2, 0.25) is 5.91 Å². The van der Waals surface area contributed by atoms with Crippen LogP contribution in [0.2, 0.25) is 0 Å². The average Bonchev–Trinajstić information content (AvgIpc) is 2.31. The molecule has 1 heterocycles. The van der Waals surface area contributed by atoms with E-state index < -0.39 is 0 Å². The van der Waals surface area contributed by atoms with E-state index in [-0.39, 0.29) is 18.6 Å². The van der Waals surface area contributed by atoms with Gasteiger partial charge in [-0.3, -0.25) is 9.69 Å². The van der Waals surface area contributed by atoms with Crippen molar-refractivity contribution in [3.63, 3.8) is 0 Å². The van der Waals surface area contributed by atoms with Crippen molar-refractivity contribution in [2.24, 2.45) is 11.8 Å². The maximum absolute atomic E-state index is 11.9. The molecule has 0 aromatic rings. The molecule has 0 bridgehead atoms. The van der Waals surface area contributed by atoms with Crippen molar-refractivity contribution in [2.75, 3.05) is 26.2 Å². The summed E-state index contributed by atoms with van der Waals surface area (Å²) in [6.07, 6.45) is 0.533. The van der Waals surface area contributed by atoms with Gasteiger partial charge >= 0.3 is 0 Å². The molecule has 0 aromatic carbocycles. The van der Waals surface area contributed by atoms with Gasteiger partial charge in [0.1, 0.15) is 0 Å². The Morgan fingerprint density at radius 2 is 2.25 bits per heavy atom. The van der Waals surface area contributed by atoms with Crippen LogP contribution in [0.1, 0.15) is 27.2 Å². The molecule has 4 nitrogen and oxygen atoms in total. The van der Waals surface area contributed by atoms with Crippen LogP contribution < -0.4 is 5.32 Å². The van der Waals surface area contributed by atoms with Crippen molar-refractivity contribution >= 4 is 5.91 Å². The summed E-state index contributed by atoms with van der Waals surface area (Å²) in [6, 6.07) is -0.155. The number of aliphatic hydroxyl groups excluding tert-OH is 1. The van der Waals surface area contributed by atoms with E-state index in [1.807, 2.05) is 0 Å². The fourth-order valence-electron chi connectivity index (χ4n) is 2.26. The zero-order valence-corrected chi connectivity index (χ0v) is 10.6. The number of carbonyl (C=O) groups excluding carboxylic acids is 1. The topological polar surface area (TPSA) is 52.6 Å². The quantitative estimate of drug-likeness (QED) is 0.735. The Morgan fingerprint density at radius 3 is 2.81 bits per heavy atom. The maximum atomic E-state index is 11.9. The van der Waals surface area contributed by atoms with Crippen LogP contribution in [0.25, 0.3) is 0 Å². The second-order valence-corrected chi connectivity index (χ2v) is 5.23. The number of carbonyl (C=O) groups is 1. The Balaban J connectivity index is 2.72. The first kappa shape index (κ1) is 13.5. The molecule has 94 valence electrons. The predicted octanol–water partition coefficient (Wildman–Crippen LogP) is 0.461. The number of hydrogen-bond acceptors (Lipinski definition) is 3. The Bertz CT molecular complexity index is 231. The van der Waals surface area contributed by atoms with E-state index in [0.717, 1.165) is 19.6 Å². The third-order valence-corrected chi connectivity index (χ3v) is 2.92. The fourth-order valence-corrected chi connectivity index (χ4v) is 2.26. The molecule has 1 fully saturated rings. The van der Waals surface area contributed by atoms with Crippen molar-refractivity contribution in [1.82, 2.24) is 10.2 Å². The van der Waals surface area contributed by atoms with Crippen LogP contribution in [0.4, 0.5) is 0 Å². The smallest absolute Gasteiger partial charge is 0.237 e. The van der Waals surface area contributed by atoms with E-state index in [4.69, 9.17) is 5.11 Å². The molecule has 1 amide bonds. The van der Waals surface area contributed by atoms with Crippen LogP contribution in [0, 0.1) is 11.8 Å². The van der Waals surface area contributed by atoms with Crippen LogP contribution in [0.5, 0.6) is 0 Å². The molecule has 16 heavy (non-hydrogen) atoms. The summed E-state index contributed by atoms with van der Waals surface area (Å²) in [5.41, 5.74) is 0. The first-order valence-corrected chi connectivity index (χ1v) is 6.17. The Morgan fingerprint density at radius 1 is 1.56 bits per heavy atom. The third kappa shape index (κ3) is 3.76. The molecule has 0 spiro atoms. The van der Waals surface area contributed by atoms with E-state index in [1.165, 1.54) is 0 Å². The third-order valence-electron chi connectivity index (χ3n) is 2.92. The van der Waals surface area contributed by atoms with E-state index in [0.29, 0.717) is 18.3 Å². The van der Waals surface area contributed by atoms with Gasteiger partial charge in [-0.1, -0.05) is 20.8 Å². The lowest BCUT2D eigenvalue weighted by atomic mass is 10.1. The molecule has 1 aliphatic rings. The minimum Gasteiger partial charge on any atom is -0.396 e. The molecular weight excluding hydrogens is 204 g/mol. The molecular formula is C12H24N2O2. The van der Waals surface area contributed by atoms with Crippen LogP contribution >= 0.6 is 0 Å². The average molecular weight is 228 g/mol. The van der Waals surface area contributed by atoms with Gasteiger partial charge in [0, 0.05) is 26.2 Å². The summed E-state index contributed by atoms with van der Waals surface area (Å²) in [5, 5.41) is 12.0. The normalized spacial score (nSPS) is 27.9. The Labute approximate surface area is 98.0 Å². The Hall–Kier alpha value is -0.610. The van der Waals surface area contributed by atoms with Crippen molar-refractivity contribution in [3.05, 3.63) is 0 Å². The predicted molar refractivity (Wildman–Crippen MR) is 64.1 cm³/mol. The van der Waals surface area contributed by atoms with Crippen molar-refractivity contribution in [3.8, 4) is 0 Å². The molecule has 1 saturated heterocycles. The molecule has 1 rings (SSSR count). The number of nitrogens with one attached hydrogen (secondary N) is 1. The molecule has 2 N–H and O–H groups in total. The molecule has 0 radical (unpaired) electrons. The number of amides is 1. The zero-order chi connectivity index (χ0) is 12.1. The summed E-state index contributed by atoms with van der Waals surface area (Å²) in [5.74, 6) is 1.09. The van der Waals surface area contributed by atoms with E-state index >= 15 is 0 Å². The number of hydrogen-bond donors (Lipinski definition) is 2. The van der Waals surface area contributed by atoms with Crippen LogP contribution in [-0.2, 0) is 4.79 Å². The first-order valence-electron chi connectivity index (χ1n) is 6.17. The van der Waals surface area contributed by atoms with Gasteiger partial charge in [-0.15, -0.1) is 0 Å². The van der Waals surface area contributed by atoms with Crippen LogP contribution in [0.15, 0.2) is 0 Å². The summed E-state index contributed by atoms with van der Waals surface area (Å²) in [7, 11) is 0. The highest BCUT2D eigenvalue weighted by atomic mass is 16.3. The van der Waals surface area contributed by atoms with Gasteiger partial charge in [-0.25, -0.2) is 0 Å². The molecule has 0 aliphatic carbocycles. The highest BCUT2D eigenvalue weighted by Crippen LogP contribution is 2.14. The number of nitrogens with zero attached hydrogens (tertiary/aromatic N) is 1. The number of rotatable bonds is 4. The molecule has 4 heteroatoms. The lowest BCUT2D eigenvalue weighted by Crippen LogP contribution is -2.46. The van der Waals surface area contributed by atoms with Gasteiger partial charge < -0.3 is 10.4 Å². The molecule has 2 atom stereocenters. The van der Waals surface area contributed by atoms with Gasteiger partial charge in [0.15, 0.2) is 0 Å². The van der Waals surface area contributed by atoms with E-state index in [2.05, 4.69) is 31.0 Å². The summed E-state index contributed by atoms with van der Waals surface area (Å²) >= 11 is 0. The zero-order valence-electron chi connectivity index (χ0n) is 10.6. The minimum absolute atomic E-state index is 0.0686. The fraction of sp³-hybridized carbons (Fsp3) is 0.917. The van der Waals surface area contributed by atoms with Crippen LogP contribution in [0.3, 0.4) is 0 Å². The molecule has 0 aromatic heterocycles. The SMILES string of the molecule is CC(C)CN1CC(C)CNC(=O)C1CCO. The number of aliphatic hydroxyl groups is 1. The molecule has 1 aliphatic heterocycles. The van der Waals surface area contributed by atoms with Crippen molar-refractivity contribution < 1.29 is 9.90 Å². The Kier molecular flexibility index (Phi) is 5.22.